The molecule has 0 unspecified atom stereocenters. The highest BCUT2D eigenvalue weighted by Crippen LogP contribution is 2.55. The minimum absolute atomic E-state index is 0.0370. The average Bonchev–Trinajstić information content (AvgIpc) is 3.73. The normalized spacial score (nSPS) is 14.1. The Balaban J connectivity index is 0.978. The summed E-state index contributed by atoms with van der Waals surface area (Å²) in [4.78, 5) is 0. The smallest absolute Gasteiger partial charge is 0.0159 e. The van der Waals surface area contributed by atoms with E-state index >= 15 is 0 Å². The Bertz CT molecular complexity index is 3720. The van der Waals surface area contributed by atoms with Crippen molar-refractivity contribution in [1.29, 1.82) is 0 Å². The Morgan fingerprint density at radius 2 is 0.576 bits per heavy atom. The zero-order valence-corrected chi connectivity index (χ0v) is 38.3. The largest absolute Gasteiger partial charge is 0.0619 e. The molecule has 0 fully saturated rings. The standard InChI is InChI=1S/C66H50/c1-6-40-27-29-41(30-28-40)61-49-18-7-11-22-53(49)63(54-23-12-8-19-50(54)61)64-55-24-13-9-20-51(55)62(52-21-10-14-25-56(52)64)44-33-36-48-47-35-32-43(38-59(47)66(4,5)60(48)39-44)42-31-34-46-45-17-15-16-26-57(45)65(2,3)58(46)37-42/h7-39H,6H2,1-5H3. The van der Waals surface area contributed by atoms with E-state index in [1.807, 2.05) is 0 Å². The van der Waals surface area contributed by atoms with Crippen LogP contribution in [0.3, 0.4) is 0 Å². The summed E-state index contributed by atoms with van der Waals surface area (Å²) < 4.78 is 0. The lowest BCUT2D eigenvalue weighted by Crippen LogP contribution is -2.15. The van der Waals surface area contributed by atoms with Crippen LogP contribution in [0.4, 0.5) is 0 Å². The van der Waals surface area contributed by atoms with E-state index in [2.05, 4.69) is 235 Å². The van der Waals surface area contributed by atoms with Crippen LogP contribution in [0.15, 0.2) is 200 Å². The first-order chi connectivity index (χ1) is 32.2. The molecule has 0 amide bonds. The van der Waals surface area contributed by atoms with Crippen LogP contribution in [0, 0.1) is 0 Å². The molecule has 0 spiro atoms. The second kappa shape index (κ2) is 14.2. The zero-order chi connectivity index (χ0) is 44.5. The highest BCUT2D eigenvalue weighted by molar-refractivity contribution is 6.30. The van der Waals surface area contributed by atoms with E-state index in [1.54, 1.807) is 0 Å². The molecule has 13 rings (SSSR count). The van der Waals surface area contributed by atoms with Gasteiger partial charge in [-0.25, -0.2) is 0 Å². The third kappa shape index (κ3) is 5.45. The molecule has 2 aliphatic carbocycles. The molecule has 66 heavy (non-hydrogen) atoms. The van der Waals surface area contributed by atoms with Crippen LogP contribution < -0.4 is 0 Å². The summed E-state index contributed by atoms with van der Waals surface area (Å²) in [6.07, 6.45) is 1.03. The molecule has 0 aliphatic heterocycles. The van der Waals surface area contributed by atoms with Gasteiger partial charge < -0.3 is 0 Å². The van der Waals surface area contributed by atoms with Crippen LogP contribution in [-0.2, 0) is 17.3 Å². The number of fused-ring (bicyclic) bond motifs is 10. The van der Waals surface area contributed by atoms with E-state index in [0.29, 0.717) is 0 Å². The predicted octanol–water partition coefficient (Wildman–Crippen LogP) is 18.1. The zero-order valence-electron chi connectivity index (χ0n) is 38.3. The Labute approximate surface area is 387 Å². The van der Waals surface area contributed by atoms with Gasteiger partial charge in [0.25, 0.3) is 0 Å². The fourth-order valence-electron chi connectivity index (χ4n) is 12.3. The van der Waals surface area contributed by atoms with Crippen molar-refractivity contribution < 1.29 is 0 Å². The van der Waals surface area contributed by atoms with Crippen molar-refractivity contribution >= 4 is 43.1 Å². The lowest BCUT2D eigenvalue weighted by molar-refractivity contribution is 0.659. The molecule has 0 saturated carbocycles. The van der Waals surface area contributed by atoms with Gasteiger partial charge in [-0.3, -0.25) is 0 Å². The van der Waals surface area contributed by atoms with Crippen molar-refractivity contribution in [2.75, 3.05) is 0 Å². The quantitative estimate of drug-likeness (QED) is 0.151. The monoisotopic (exact) mass is 842 g/mol. The van der Waals surface area contributed by atoms with Crippen molar-refractivity contribution in [1.82, 2.24) is 0 Å². The topological polar surface area (TPSA) is 0 Å². The molecule has 2 aliphatic rings. The Morgan fingerprint density at radius 3 is 1.00 bits per heavy atom. The summed E-state index contributed by atoms with van der Waals surface area (Å²) in [5.41, 5.74) is 22.4. The van der Waals surface area contributed by atoms with Crippen LogP contribution in [0.1, 0.15) is 62.4 Å². The van der Waals surface area contributed by atoms with Gasteiger partial charge in [0.15, 0.2) is 0 Å². The van der Waals surface area contributed by atoms with E-state index < -0.39 is 0 Å². The maximum Gasteiger partial charge on any atom is 0.0159 e. The van der Waals surface area contributed by atoms with Crippen LogP contribution in [0.5, 0.6) is 0 Å². The number of aryl methyl sites for hydroxylation is 1. The molecule has 0 bridgehead atoms. The van der Waals surface area contributed by atoms with E-state index in [0.717, 1.165) is 6.42 Å². The first kappa shape index (κ1) is 38.9. The fourth-order valence-corrected chi connectivity index (χ4v) is 12.3. The molecule has 314 valence electrons. The summed E-state index contributed by atoms with van der Waals surface area (Å²) >= 11 is 0. The third-order valence-corrected chi connectivity index (χ3v) is 15.6. The molecule has 0 nitrogen and oxygen atoms in total. The Kier molecular flexibility index (Phi) is 8.38. The van der Waals surface area contributed by atoms with Crippen LogP contribution >= 0.6 is 0 Å². The molecule has 0 saturated heterocycles. The molecule has 0 heterocycles. The SMILES string of the molecule is CCc1ccc(-c2c3ccccc3c(-c3c4ccccc4c(-c4ccc5c(c4)C(C)(C)c4cc(-c6ccc7c(c6)C(C)(C)c6ccccc6-7)ccc4-5)c4ccccc34)c3ccccc23)cc1. The van der Waals surface area contributed by atoms with Crippen molar-refractivity contribution in [3.05, 3.63) is 228 Å². The van der Waals surface area contributed by atoms with Gasteiger partial charge in [-0.05, 0) is 162 Å². The number of hydrogen-bond donors (Lipinski definition) is 0. The molecule has 11 aromatic carbocycles. The van der Waals surface area contributed by atoms with E-state index in [9.17, 15) is 0 Å². The van der Waals surface area contributed by atoms with E-state index in [4.69, 9.17) is 0 Å². The minimum Gasteiger partial charge on any atom is -0.0619 e. The van der Waals surface area contributed by atoms with Gasteiger partial charge in [0.2, 0.25) is 0 Å². The van der Waals surface area contributed by atoms with Gasteiger partial charge in [-0.1, -0.05) is 217 Å². The van der Waals surface area contributed by atoms with Gasteiger partial charge >= 0.3 is 0 Å². The van der Waals surface area contributed by atoms with E-state index in [-0.39, 0.29) is 10.8 Å². The molecule has 0 atom stereocenters. The fraction of sp³-hybridized carbons (Fsp3) is 0.121. The molecule has 0 heteroatoms. The Hall–Kier alpha value is -7.54. The summed E-state index contributed by atoms with van der Waals surface area (Å²) in [7, 11) is 0. The van der Waals surface area contributed by atoms with E-state index in [1.165, 1.54) is 138 Å². The van der Waals surface area contributed by atoms with Crippen LogP contribution in [0.25, 0.3) is 110 Å². The summed E-state index contributed by atoms with van der Waals surface area (Å²) in [5, 5.41) is 10.2. The second-order valence-corrected chi connectivity index (χ2v) is 19.8. The van der Waals surface area contributed by atoms with Crippen molar-refractivity contribution in [2.45, 2.75) is 51.9 Å². The molecular weight excluding hydrogens is 793 g/mol. The highest BCUT2D eigenvalue weighted by atomic mass is 14.4. The maximum atomic E-state index is 2.52. The van der Waals surface area contributed by atoms with Crippen molar-refractivity contribution in [3.8, 4) is 66.8 Å². The molecule has 0 radical (unpaired) electrons. The molecular formula is C66H50. The molecule has 0 aromatic heterocycles. The van der Waals surface area contributed by atoms with Gasteiger partial charge in [-0.2, -0.15) is 0 Å². The van der Waals surface area contributed by atoms with Gasteiger partial charge in [0.1, 0.15) is 0 Å². The predicted molar refractivity (Wildman–Crippen MR) is 283 cm³/mol. The second-order valence-electron chi connectivity index (χ2n) is 19.8. The number of benzene rings is 11. The minimum atomic E-state index is -0.190. The van der Waals surface area contributed by atoms with Crippen LogP contribution in [-0.4, -0.2) is 0 Å². The van der Waals surface area contributed by atoms with Crippen LogP contribution in [0.2, 0.25) is 0 Å². The lowest BCUT2D eigenvalue weighted by atomic mass is 9.79. The van der Waals surface area contributed by atoms with Crippen molar-refractivity contribution in [2.24, 2.45) is 0 Å². The number of hydrogen-bond acceptors (Lipinski definition) is 0. The summed E-state index contributed by atoms with van der Waals surface area (Å²) in [6.45, 7) is 11.8. The summed E-state index contributed by atoms with van der Waals surface area (Å²) in [6, 6.07) is 76.2. The first-order valence-corrected chi connectivity index (χ1v) is 23.7. The lowest BCUT2D eigenvalue weighted by Gasteiger charge is -2.24. The number of rotatable bonds is 5. The van der Waals surface area contributed by atoms with Gasteiger partial charge in [0.05, 0.1) is 0 Å². The first-order valence-electron chi connectivity index (χ1n) is 23.7. The molecule has 11 aromatic rings. The Morgan fingerprint density at radius 1 is 0.273 bits per heavy atom. The molecule has 0 N–H and O–H groups in total. The third-order valence-electron chi connectivity index (χ3n) is 15.6. The summed E-state index contributed by atoms with van der Waals surface area (Å²) in [5.74, 6) is 0. The van der Waals surface area contributed by atoms with Gasteiger partial charge in [0, 0.05) is 10.8 Å². The van der Waals surface area contributed by atoms with Gasteiger partial charge in [-0.15, -0.1) is 0 Å². The highest BCUT2D eigenvalue weighted by Gasteiger charge is 2.38. The van der Waals surface area contributed by atoms with Crippen molar-refractivity contribution in [3.63, 3.8) is 0 Å². The maximum absolute atomic E-state index is 2.52. The average molecular weight is 843 g/mol.